The van der Waals surface area contributed by atoms with Gasteiger partial charge in [-0.1, -0.05) is 6.92 Å². The molecule has 0 radical (unpaired) electrons. The third-order valence-electron chi connectivity index (χ3n) is 3.41. The number of nitrogens with one attached hydrogen (secondary N) is 1. The van der Waals surface area contributed by atoms with Gasteiger partial charge in [-0.05, 0) is 31.7 Å². The van der Waals surface area contributed by atoms with Gasteiger partial charge in [0, 0.05) is 25.7 Å². The number of rotatable bonds is 6. The maximum Gasteiger partial charge on any atom is 0.0594 e. The van der Waals surface area contributed by atoms with Crippen molar-refractivity contribution in [2.75, 3.05) is 39.4 Å². The van der Waals surface area contributed by atoms with Gasteiger partial charge in [-0.2, -0.15) is 0 Å². The van der Waals surface area contributed by atoms with Gasteiger partial charge in [0.15, 0.2) is 0 Å². The molecule has 3 heteroatoms. The lowest BCUT2D eigenvalue weighted by molar-refractivity contribution is 0.0324. The van der Waals surface area contributed by atoms with Crippen LogP contribution in [0.1, 0.15) is 26.2 Å². The SMILES string of the molecule is CCCNC(CN1CCOCC1)C1CC1. The first-order valence-corrected chi connectivity index (χ1v) is 6.43. The van der Waals surface area contributed by atoms with E-state index in [0.717, 1.165) is 38.3 Å². The third kappa shape index (κ3) is 3.74. The summed E-state index contributed by atoms with van der Waals surface area (Å²) in [4.78, 5) is 2.55. The molecule has 0 aromatic heterocycles. The summed E-state index contributed by atoms with van der Waals surface area (Å²) in [5.41, 5.74) is 0. The lowest BCUT2D eigenvalue weighted by Crippen LogP contribution is -2.46. The average molecular weight is 212 g/mol. The Morgan fingerprint density at radius 1 is 1.33 bits per heavy atom. The van der Waals surface area contributed by atoms with E-state index in [9.17, 15) is 0 Å². The maximum absolute atomic E-state index is 5.38. The van der Waals surface area contributed by atoms with Gasteiger partial charge < -0.3 is 10.1 Å². The second kappa shape index (κ2) is 5.83. The van der Waals surface area contributed by atoms with Crippen LogP contribution in [0.15, 0.2) is 0 Å². The smallest absolute Gasteiger partial charge is 0.0594 e. The van der Waals surface area contributed by atoms with Crippen LogP contribution in [0.4, 0.5) is 0 Å². The van der Waals surface area contributed by atoms with Crippen molar-refractivity contribution in [3.8, 4) is 0 Å². The summed E-state index contributed by atoms with van der Waals surface area (Å²) in [6.07, 6.45) is 4.11. The van der Waals surface area contributed by atoms with Gasteiger partial charge in [0.05, 0.1) is 13.2 Å². The van der Waals surface area contributed by atoms with Crippen LogP contribution in [0.5, 0.6) is 0 Å². The standard InChI is InChI=1S/C12H24N2O/c1-2-5-13-12(11-3-4-11)10-14-6-8-15-9-7-14/h11-13H,2-10H2,1H3. The van der Waals surface area contributed by atoms with Gasteiger partial charge in [-0.15, -0.1) is 0 Å². The van der Waals surface area contributed by atoms with Gasteiger partial charge in [-0.3, -0.25) is 4.90 Å². The van der Waals surface area contributed by atoms with Crippen LogP contribution in [0.3, 0.4) is 0 Å². The molecule has 88 valence electrons. The van der Waals surface area contributed by atoms with E-state index in [0.29, 0.717) is 0 Å². The first-order valence-electron chi connectivity index (χ1n) is 6.43. The minimum atomic E-state index is 0.739. The maximum atomic E-state index is 5.38. The second-order valence-electron chi connectivity index (χ2n) is 4.81. The topological polar surface area (TPSA) is 24.5 Å². The zero-order valence-electron chi connectivity index (χ0n) is 9.87. The highest BCUT2D eigenvalue weighted by atomic mass is 16.5. The molecule has 1 saturated carbocycles. The molecular weight excluding hydrogens is 188 g/mol. The van der Waals surface area contributed by atoms with Crippen LogP contribution in [0.2, 0.25) is 0 Å². The van der Waals surface area contributed by atoms with Gasteiger partial charge in [0.1, 0.15) is 0 Å². The number of hydrogen-bond acceptors (Lipinski definition) is 3. The fourth-order valence-corrected chi connectivity index (χ4v) is 2.27. The van der Waals surface area contributed by atoms with Gasteiger partial charge in [-0.25, -0.2) is 0 Å². The Labute approximate surface area is 93.2 Å². The Kier molecular flexibility index (Phi) is 4.42. The molecule has 1 unspecified atom stereocenters. The third-order valence-corrected chi connectivity index (χ3v) is 3.41. The zero-order valence-corrected chi connectivity index (χ0v) is 9.87. The summed E-state index contributed by atoms with van der Waals surface area (Å²) in [6.45, 7) is 8.73. The Bertz CT molecular complexity index is 176. The molecule has 0 bridgehead atoms. The Balaban J connectivity index is 1.72. The molecule has 1 aliphatic carbocycles. The predicted octanol–water partition coefficient (Wildman–Crippen LogP) is 1.10. The summed E-state index contributed by atoms with van der Waals surface area (Å²) in [5.74, 6) is 0.958. The lowest BCUT2D eigenvalue weighted by Gasteiger charge is -2.31. The van der Waals surface area contributed by atoms with Crippen LogP contribution in [-0.2, 0) is 4.74 Å². The van der Waals surface area contributed by atoms with Crippen molar-refractivity contribution < 1.29 is 4.74 Å². The summed E-state index contributed by atoms with van der Waals surface area (Å²) < 4.78 is 5.38. The first-order chi connectivity index (χ1) is 7.40. The zero-order chi connectivity index (χ0) is 10.5. The van der Waals surface area contributed by atoms with E-state index in [4.69, 9.17) is 4.74 Å². The number of nitrogens with zero attached hydrogens (tertiary/aromatic N) is 1. The molecule has 1 aliphatic heterocycles. The van der Waals surface area contributed by atoms with E-state index in [1.54, 1.807) is 0 Å². The van der Waals surface area contributed by atoms with Gasteiger partial charge in [0.2, 0.25) is 0 Å². The second-order valence-corrected chi connectivity index (χ2v) is 4.81. The van der Waals surface area contributed by atoms with Crippen molar-refractivity contribution in [2.24, 2.45) is 5.92 Å². The van der Waals surface area contributed by atoms with Crippen molar-refractivity contribution in [1.29, 1.82) is 0 Å². The summed E-state index contributed by atoms with van der Waals surface area (Å²) in [7, 11) is 0. The van der Waals surface area contributed by atoms with Crippen LogP contribution < -0.4 is 5.32 Å². The summed E-state index contributed by atoms with van der Waals surface area (Å²) >= 11 is 0. The Hall–Kier alpha value is -0.120. The molecule has 0 aromatic rings. The molecule has 1 saturated heterocycles. The monoisotopic (exact) mass is 212 g/mol. The van der Waals surface area contributed by atoms with Crippen molar-refractivity contribution >= 4 is 0 Å². The molecule has 1 atom stereocenters. The number of hydrogen-bond donors (Lipinski definition) is 1. The lowest BCUT2D eigenvalue weighted by atomic mass is 10.1. The molecule has 15 heavy (non-hydrogen) atoms. The molecule has 1 N–H and O–H groups in total. The summed E-state index contributed by atoms with van der Waals surface area (Å²) in [6, 6.07) is 0.739. The van der Waals surface area contributed by atoms with E-state index in [-0.39, 0.29) is 0 Å². The van der Waals surface area contributed by atoms with Gasteiger partial charge in [0.25, 0.3) is 0 Å². The Morgan fingerprint density at radius 3 is 2.67 bits per heavy atom. The van der Waals surface area contributed by atoms with E-state index < -0.39 is 0 Å². The van der Waals surface area contributed by atoms with Crippen LogP contribution in [-0.4, -0.2) is 50.3 Å². The molecule has 0 aromatic carbocycles. The van der Waals surface area contributed by atoms with Gasteiger partial charge >= 0.3 is 0 Å². The van der Waals surface area contributed by atoms with E-state index in [1.165, 1.54) is 32.4 Å². The fraction of sp³-hybridized carbons (Fsp3) is 1.00. The van der Waals surface area contributed by atoms with E-state index in [1.807, 2.05) is 0 Å². The quantitative estimate of drug-likeness (QED) is 0.713. The molecule has 0 amide bonds. The Morgan fingerprint density at radius 2 is 2.07 bits per heavy atom. The molecular formula is C12H24N2O. The van der Waals surface area contributed by atoms with Crippen molar-refractivity contribution in [3.63, 3.8) is 0 Å². The molecule has 2 rings (SSSR count). The minimum absolute atomic E-state index is 0.739. The predicted molar refractivity (Wildman–Crippen MR) is 62.1 cm³/mol. The fourth-order valence-electron chi connectivity index (χ4n) is 2.27. The van der Waals surface area contributed by atoms with Crippen molar-refractivity contribution in [2.45, 2.75) is 32.2 Å². The van der Waals surface area contributed by atoms with E-state index in [2.05, 4.69) is 17.1 Å². The van der Waals surface area contributed by atoms with E-state index >= 15 is 0 Å². The first kappa shape index (κ1) is 11.4. The highest BCUT2D eigenvalue weighted by Gasteiger charge is 2.32. The molecule has 2 aliphatic rings. The van der Waals surface area contributed by atoms with Crippen LogP contribution in [0, 0.1) is 5.92 Å². The van der Waals surface area contributed by atoms with Crippen LogP contribution in [0.25, 0.3) is 0 Å². The van der Waals surface area contributed by atoms with Crippen molar-refractivity contribution in [1.82, 2.24) is 10.2 Å². The largest absolute Gasteiger partial charge is 0.379 e. The number of morpholine rings is 1. The molecule has 2 fully saturated rings. The average Bonchev–Trinajstić information content (AvgIpc) is 3.09. The number of ether oxygens (including phenoxy) is 1. The highest BCUT2D eigenvalue weighted by Crippen LogP contribution is 2.33. The summed E-state index contributed by atoms with van der Waals surface area (Å²) in [5, 5.41) is 3.70. The highest BCUT2D eigenvalue weighted by molar-refractivity contribution is 4.88. The molecule has 0 spiro atoms. The molecule has 3 nitrogen and oxygen atoms in total. The molecule has 1 heterocycles. The normalized spacial score (nSPS) is 25.4. The minimum Gasteiger partial charge on any atom is -0.379 e. The van der Waals surface area contributed by atoms with Crippen LogP contribution >= 0.6 is 0 Å². The van der Waals surface area contributed by atoms with Crippen molar-refractivity contribution in [3.05, 3.63) is 0 Å².